The number of aryl methyl sites for hydroxylation is 2. The molecule has 2 atom stereocenters. The second kappa shape index (κ2) is 10.8. The van der Waals surface area contributed by atoms with E-state index in [1.165, 1.54) is 17.3 Å². The molecule has 0 saturated carbocycles. The molecular formula is C22H34FN5O. The third-order valence-electron chi connectivity index (χ3n) is 4.94. The predicted octanol–water partition coefficient (Wildman–Crippen LogP) is 3.52. The molecule has 0 aliphatic rings. The Hall–Kier alpha value is -2.57. The number of benzene rings is 1. The maximum atomic E-state index is 13.9. The molecule has 1 heterocycles. The van der Waals surface area contributed by atoms with Crippen LogP contribution >= 0.6 is 0 Å². The van der Waals surface area contributed by atoms with Crippen molar-refractivity contribution in [1.82, 2.24) is 20.4 Å². The molecule has 2 unspecified atom stereocenters. The van der Waals surface area contributed by atoms with E-state index in [1.54, 1.807) is 18.2 Å². The molecule has 1 aromatic carbocycles. The van der Waals surface area contributed by atoms with Gasteiger partial charge in [0.25, 0.3) is 0 Å². The van der Waals surface area contributed by atoms with Crippen LogP contribution in [0.25, 0.3) is 0 Å². The molecule has 0 saturated heterocycles. The molecule has 0 radical (unpaired) electrons. The van der Waals surface area contributed by atoms with Crippen molar-refractivity contribution in [3.8, 4) is 5.75 Å². The van der Waals surface area contributed by atoms with E-state index in [0.717, 1.165) is 31.0 Å². The molecule has 0 aliphatic heterocycles. The second-order valence-electron chi connectivity index (χ2n) is 7.32. The number of nitrogens with zero attached hydrogens (tertiary/aromatic N) is 3. The highest BCUT2D eigenvalue weighted by atomic mass is 19.1. The molecule has 2 N–H and O–H groups in total. The van der Waals surface area contributed by atoms with Crippen molar-refractivity contribution >= 4 is 5.96 Å². The molecule has 0 amide bonds. The maximum absolute atomic E-state index is 13.9. The smallest absolute Gasteiger partial charge is 0.191 e. The minimum atomic E-state index is -0.351. The Balaban J connectivity index is 2.01. The van der Waals surface area contributed by atoms with Gasteiger partial charge in [0.05, 0.1) is 12.2 Å². The molecule has 0 spiro atoms. The van der Waals surface area contributed by atoms with Gasteiger partial charge in [-0.1, -0.05) is 19.1 Å². The zero-order valence-electron chi connectivity index (χ0n) is 18.4. The van der Waals surface area contributed by atoms with Crippen LogP contribution in [0.4, 0.5) is 4.39 Å². The topological polar surface area (TPSA) is 63.5 Å². The standard InChI is InChI=1S/C22H34FN5O/c1-7-18(29-21-12-10-9-11-20(21)23)14-25-22(24-8-2)26-15(3)13-19-16(4)27-28(6)17(19)5/h9-12,15,18H,7-8,13-14H2,1-6H3,(H2,24,25,26). The van der Waals surface area contributed by atoms with Crippen molar-refractivity contribution in [1.29, 1.82) is 0 Å². The van der Waals surface area contributed by atoms with Gasteiger partial charge in [0, 0.05) is 25.3 Å². The highest BCUT2D eigenvalue weighted by Gasteiger charge is 2.15. The number of hydrogen-bond acceptors (Lipinski definition) is 3. The quantitative estimate of drug-likeness (QED) is 0.497. The number of halogens is 1. The molecule has 1 aromatic heterocycles. The fourth-order valence-corrected chi connectivity index (χ4v) is 3.19. The molecule has 0 aliphatic carbocycles. The van der Waals surface area contributed by atoms with Gasteiger partial charge in [-0.25, -0.2) is 9.38 Å². The first kappa shape index (κ1) is 22.7. The normalized spacial score (nSPS) is 13.8. The second-order valence-corrected chi connectivity index (χ2v) is 7.32. The minimum absolute atomic E-state index is 0.182. The fourth-order valence-electron chi connectivity index (χ4n) is 3.19. The van der Waals surface area contributed by atoms with Crippen molar-refractivity contribution in [3.63, 3.8) is 0 Å². The highest BCUT2D eigenvalue weighted by molar-refractivity contribution is 5.80. The van der Waals surface area contributed by atoms with Crippen LogP contribution in [0.15, 0.2) is 29.3 Å². The first-order valence-electron chi connectivity index (χ1n) is 10.3. The first-order valence-corrected chi connectivity index (χ1v) is 10.3. The van der Waals surface area contributed by atoms with Crippen LogP contribution in [-0.2, 0) is 13.5 Å². The Bertz CT molecular complexity index is 818. The summed E-state index contributed by atoms with van der Waals surface area (Å²) in [6, 6.07) is 6.65. The fraction of sp³-hybridized carbons (Fsp3) is 0.545. The third kappa shape index (κ3) is 6.48. The lowest BCUT2D eigenvalue weighted by atomic mass is 10.1. The lowest BCUT2D eigenvalue weighted by Crippen LogP contribution is -2.43. The van der Waals surface area contributed by atoms with Gasteiger partial charge in [0.2, 0.25) is 0 Å². The molecule has 0 fully saturated rings. The molecule has 7 heteroatoms. The SMILES string of the molecule is CCNC(=NCC(CC)Oc1ccccc1F)NC(C)Cc1c(C)nn(C)c1C. The Kier molecular flexibility index (Phi) is 8.49. The molecule has 6 nitrogen and oxygen atoms in total. The summed E-state index contributed by atoms with van der Waals surface area (Å²) in [4.78, 5) is 4.67. The Labute approximate surface area is 173 Å². The van der Waals surface area contributed by atoms with E-state index in [4.69, 9.17) is 4.74 Å². The number of hydrogen-bond donors (Lipinski definition) is 2. The number of rotatable bonds is 9. The van der Waals surface area contributed by atoms with Crippen LogP contribution in [0, 0.1) is 19.7 Å². The number of aliphatic imine (C=N–C) groups is 1. The van der Waals surface area contributed by atoms with Gasteiger partial charge in [-0.05, 0) is 58.2 Å². The van der Waals surface area contributed by atoms with Crippen molar-refractivity contribution in [2.45, 2.75) is 59.6 Å². The number of para-hydroxylation sites is 1. The van der Waals surface area contributed by atoms with Crippen molar-refractivity contribution in [3.05, 3.63) is 47.0 Å². The Morgan fingerprint density at radius 1 is 1.28 bits per heavy atom. The van der Waals surface area contributed by atoms with Crippen LogP contribution in [0.3, 0.4) is 0 Å². The number of nitrogens with one attached hydrogen (secondary N) is 2. The average molecular weight is 404 g/mol. The van der Waals surface area contributed by atoms with Gasteiger partial charge in [-0.15, -0.1) is 0 Å². The van der Waals surface area contributed by atoms with Crippen LogP contribution in [0.1, 0.15) is 44.1 Å². The number of guanidine groups is 1. The summed E-state index contributed by atoms with van der Waals surface area (Å²) in [5.41, 5.74) is 3.50. The van der Waals surface area contributed by atoms with E-state index in [9.17, 15) is 4.39 Å². The van der Waals surface area contributed by atoms with Crippen molar-refractivity contribution in [2.75, 3.05) is 13.1 Å². The lowest BCUT2D eigenvalue weighted by Gasteiger charge is -2.20. The van der Waals surface area contributed by atoms with Crippen LogP contribution in [0.5, 0.6) is 5.75 Å². The van der Waals surface area contributed by atoms with E-state index < -0.39 is 0 Å². The lowest BCUT2D eigenvalue weighted by molar-refractivity contribution is 0.196. The summed E-state index contributed by atoms with van der Waals surface area (Å²) >= 11 is 0. The van der Waals surface area contributed by atoms with E-state index in [2.05, 4.69) is 34.6 Å². The van der Waals surface area contributed by atoms with E-state index >= 15 is 0 Å². The van der Waals surface area contributed by atoms with Gasteiger partial charge in [0.15, 0.2) is 17.5 Å². The average Bonchev–Trinajstić information content (AvgIpc) is 2.92. The third-order valence-corrected chi connectivity index (χ3v) is 4.94. The van der Waals surface area contributed by atoms with Gasteiger partial charge in [-0.2, -0.15) is 5.10 Å². The summed E-state index contributed by atoms with van der Waals surface area (Å²) in [5.74, 6) is 0.647. The van der Waals surface area contributed by atoms with Crippen molar-refractivity contribution in [2.24, 2.45) is 12.0 Å². The van der Waals surface area contributed by atoms with Gasteiger partial charge >= 0.3 is 0 Å². The van der Waals surface area contributed by atoms with Gasteiger partial charge < -0.3 is 15.4 Å². The molecule has 0 bridgehead atoms. The van der Waals surface area contributed by atoms with Crippen molar-refractivity contribution < 1.29 is 9.13 Å². The summed E-state index contributed by atoms with van der Waals surface area (Å²) < 4.78 is 21.6. The Morgan fingerprint density at radius 3 is 2.59 bits per heavy atom. The van der Waals surface area contributed by atoms with Gasteiger partial charge in [-0.3, -0.25) is 4.68 Å². The molecule has 2 aromatic rings. The number of aromatic nitrogens is 2. The largest absolute Gasteiger partial charge is 0.485 e. The zero-order valence-corrected chi connectivity index (χ0v) is 18.4. The van der Waals surface area contributed by atoms with E-state index in [-0.39, 0.29) is 23.7 Å². The van der Waals surface area contributed by atoms with Gasteiger partial charge in [0.1, 0.15) is 6.10 Å². The first-order chi connectivity index (χ1) is 13.8. The molecule has 160 valence electrons. The molecular weight excluding hydrogens is 369 g/mol. The summed E-state index contributed by atoms with van der Waals surface area (Å²) in [5, 5.41) is 11.2. The predicted molar refractivity (Wildman–Crippen MR) is 116 cm³/mol. The van der Waals surface area contributed by atoms with Crippen LogP contribution < -0.4 is 15.4 Å². The Morgan fingerprint density at radius 2 is 2.00 bits per heavy atom. The monoisotopic (exact) mass is 403 g/mol. The summed E-state index contributed by atoms with van der Waals surface area (Å²) in [6.45, 7) is 11.5. The summed E-state index contributed by atoms with van der Waals surface area (Å²) in [7, 11) is 1.97. The molecule has 29 heavy (non-hydrogen) atoms. The van der Waals surface area contributed by atoms with E-state index in [0.29, 0.717) is 6.54 Å². The summed E-state index contributed by atoms with van der Waals surface area (Å²) in [6.07, 6.45) is 1.40. The highest BCUT2D eigenvalue weighted by Crippen LogP contribution is 2.18. The molecule has 2 rings (SSSR count). The van der Waals surface area contributed by atoms with E-state index in [1.807, 2.05) is 32.5 Å². The number of ether oxygens (including phenoxy) is 1. The zero-order chi connectivity index (χ0) is 21.4. The van der Waals surface area contributed by atoms with Crippen LogP contribution in [-0.4, -0.2) is 41.0 Å². The minimum Gasteiger partial charge on any atom is -0.485 e. The van der Waals surface area contributed by atoms with Crippen LogP contribution in [0.2, 0.25) is 0 Å². The maximum Gasteiger partial charge on any atom is 0.191 e.